The predicted octanol–water partition coefficient (Wildman–Crippen LogP) is 17.2. The molecule has 0 aliphatic heterocycles. The number of methoxy groups -OCH3 is 4. The second-order valence-corrected chi connectivity index (χ2v) is 19.5. The number of anilines is 2. The number of benzene rings is 4. The molecule has 0 bridgehead atoms. The summed E-state index contributed by atoms with van der Waals surface area (Å²) in [7, 11) is 6.77. The van der Waals surface area contributed by atoms with Gasteiger partial charge in [0.25, 0.3) is 0 Å². The summed E-state index contributed by atoms with van der Waals surface area (Å²) in [4.78, 5) is 5.19. The number of unbranched alkanes of at least 4 members (excludes halogenated alkanes) is 20. The molecule has 4 rings (SSSR count). The van der Waals surface area contributed by atoms with Crippen molar-refractivity contribution < 1.29 is 18.9 Å². The molecule has 0 saturated carbocycles. The standard InChI is InChI=1S/C65H94N2O4/c1-9-13-17-21-25-29-45-66(46-30-26-22-18-14-10-2)58-41-37-54(38-42-58)33-35-56-49-62(68-5)60(63(50-56)69-6)53-61-64(70-7)51-57(52-65(61)71-8)36-34-55-39-43-59(44-40-55)67(47-31-27-23-19-15-11-3)48-32-28-24-20-16-12-4/h37-44,49-52H,9-32,45-48,53H2,1-8H3. The summed E-state index contributed by atoms with van der Waals surface area (Å²) in [5.41, 5.74) is 7.96. The van der Waals surface area contributed by atoms with Crippen LogP contribution in [0.4, 0.5) is 11.4 Å². The minimum atomic E-state index is 0.463. The number of hydrogen-bond acceptors (Lipinski definition) is 6. The van der Waals surface area contributed by atoms with Gasteiger partial charge in [-0.2, -0.15) is 0 Å². The summed E-state index contributed by atoms with van der Waals surface area (Å²) in [6, 6.07) is 25.6. The fraction of sp³-hybridized carbons (Fsp3) is 0.569. The van der Waals surface area contributed by atoms with E-state index in [0.29, 0.717) is 29.4 Å². The molecular weight excluding hydrogens is 873 g/mol. The Labute approximate surface area is 434 Å². The molecule has 0 atom stereocenters. The molecule has 0 aliphatic carbocycles. The van der Waals surface area contributed by atoms with Crippen molar-refractivity contribution in [1.82, 2.24) is 0 Å². The van der Waals surface area contributed by atoms with Gasteiger partial charge >= 0.3 is 0 Å². The highest BCUT2D eigenvalue weighted by Crippen LogP contribution is 2.39. The van der Waals surface area contributed by atoms with E-state index < -0.39 is 0 Å². The van der Waals surface area contributed by atoms with Crippen LogP contribution in [0.3, 0.4) is 0 Å². The quantitative estimate of drug-likeness (QED) is 0.0334. The molecular formula is C65H94N2O4. The maximum Gasteiger partial charge on any atom is 0.127 e. The predicted molar refractivity (Wildman–Crippen MR) is 305 cm³/mol. The highest BCUT2D eigenvalue weighted by Gasteiger charge is 2.20. The van der Waals surface area contributed by atoms with Gasteiger partial charge in [-0.3, -0.25) is 0 Å². The van der Waals surface area contributed by atoms with Crippen molar-refractivity contribution >= 4 is 11.4 Å². The summed E-state index contributed by atoms with van der Waals surface area (Å²) in [6.45, 7) is 13.6. The van der Waals surface area contributed by atoms with E-state index >= 15 is 0 Å². The molecule has 71 heavy (non-hydrogen) atoms. The van der Waals surface area contributed by atoms with Gasteiger partial charge < -0.3 is 28.7 Å². The zero-order valence-electron chi connectivity index (χ0n) is 46.0. The summed E-state index contributed by atoms with van der Waals surface area (Å²) < 4.78 is 24.0. The second kappa shape index (κ2) is 35.8. The van der Waals surface area contributed by atoms with Gasteiger partial charge in [-0.05, 0) is 98.5 Å². The van der Waals surface area contributed by atoms with E-state index in [0.717, 1.165) is 59.6 Å². The summed E-state index contributed by atoms with van der Waals surface area (Å²) in [5, 5.41) is 0. The zero-order valence-corrected chi connectivity index (χ0v) is 46.0. The molecule has 0 aliphatic rings. The Balaban J connectivity index is 1.48. The van der Waals surface area contributed by atoms with E-state index in [-0.39, 0.29) is 0 Å². The van der Waals surface area contributed by atoms with Crippen LogP contribution < -0.4 is 28.7 Å². The van der Waals surface area contributed by atoms with E-state index in [1.165, 1.54) is 165 Å². The van der Waals surface area contributed by atoms with Crippen LogP contribution in [0.5, 0.6) is 23.0 Å². The molecule has 0 N–H and O–H groups in total. The third-order valence-corrected chi connectivity index (χ3v) is 13.9. The maximum atomic E-state index is 6.01. The van der Waals surface area contributed by atoms with Crippen molar-refractivity contribution in [2.24, 2.45) is 0 Å². The lowest BCUT2D eigenvalue weighted by atomic mass is 9.98. The summed E-state index contributed by atoms with van der Waals surface area (Å²) in [6.07, 6.45) is 32.0. The van der Waals surface area contributed by atoms with Crippen molar-refractivity contribution in [3.8, 4) is 46.7 Å². The molecule has 0 amide bonds. The van der Waals surface area contributed by atoms with Gasteiger partial charge in [0.1, 0.15) is 23.0 Å². The molecule has 6 nitrogen and oxygen atoms in total. The lowest BCUT2D eigenvalue weighted by Crippen LogP contribution is -2.25. The van der Waals surface area contributed by atoms with Crippen molar-refractivity contribution in [3.63, 3.8) is 0 Å². The first-order valence-electron chi connectivity index (χ1n) is 28.1. The Morgan fingerprint density at radius 2 is 0.549 bits per heavy atom. The van der Waals surface area contributed by atoms with Gasteiger partial charge in [0.15, 0.2) is 0 Å². The van der Waals surface area contributed by atoms with Gasteiger partial charge in [-0.25, -0.2) is 0 Å². The van der Waals surface area contributed by atoms with Crippen LogP contribution in [-0.4, -0.2) is 54.6 Å². The van der Waals surface area contributed by atoms with E-state index in [9.17, 15) is 0 Å². The molecule has 0 heterocycles. The van der Waals surface area contributed by atoms with Gasteiger partial charge in [-0.1, -0.05) is 180 Å². The van der Waals surface area contributed by atoms with Crippen LogP contribution >= 0.6 is 0 Å². The molecule has 0 unspecified atom stereocenters. The number of ether oxygens (including phenoxy) is 4. The number of nitrogens with zero attached hydrogens (tertiary/aromatic N) is 2. The molecule has 0 spiro atoms. The summed E-state index contributed by atoms with van der Waals surface area (Å²) >= 11 is 0. The lowest BCUT2D eigenvalue weighted by molar-refractivity contribution is 0.377. The molecule has 0 fully saturated rings. The molecule has 0 radical (unpaired) electrons. The maximum absolute atomic E-state index is 6.01. The van der Waals surface area contributed by atoms with E-state index in [1.807, 2.05) is 24.3 Å². The molecule has 0 saturated heterocycles. The largest absolute Gasteiger partial charge is 0.496 e. The van der Waals surface area contributed by atoms with Crippen LogP contribution in [-0.2, 0) is 6.42 Å². The second-order valence-electron chi connectivity index (χ2n) is 19.5. The fourth-order valence-corrected chi connectivity index (χ4v) is 9.51. The van der Waals surface area contributed by atoms with Crippen molar-refractivity contribution in [3.05, 3.63) is 106 Å². The van der Waals surface area contributed by atoms with Crippen molar-refractivity contribution in [2.45, 2.75) is 188 Å². The monoisotopic (exact) mass is 967 g/mol. The number of rotatable bonds is 36. The average molecular weight is 967 g/mol. The topological polar surface area (TPSA) is 43.4 Å². The van der Waals surface area contributed by atoms with Gasteiger partial charge in [0.05, 0.1) is 28.4 Å². The SMILES string of the molecule is CCCCCCCCN(CCCCCCCC)c1ccc(C#Cc2cc(OC)c(Cc3c(OC)cc(C#Cc4ccc(N(CCCCCCCC)CCCCCCCC)cc4)cc3OC)c(OC)c2)cc1. The first-order chi connectivity index (χ1) is 34.9. The molecule has 4 aromatic carbocycles. The Kier molecular flexibility index (Phi) is 29.5. The highest BCUT2D eigenvalue weighted by atomic mass is 16.5. The van der Waals surface area contributed by atoms with Crippen LogP contribution in [0.15, 0.2) is 72.8 Å². The highest BCUT2D eigenvalue weighted by molar-refractivity contribution is 5.61. The minimum Gasteiger partial charge on any atom is -0.496 e. The third kappa shape index (κ3) is 21.6. The van der Waals surface area contributed by atoms with Crippen LogP contribution in [0.25, 0.3) is 0 Å². The Bertz CT molecular complexity index is 1940. The van der Waals surface area contributed by atoms with Crippen molar-refractivity contribution in [2.75, 3.05) is 64.4 Å². The van der Waals surface area contributed by atoms with E-state index in [2.05, 4.69) is 110 Å². The van der Waals surface area contributed by atoms with Crippen molar-refractivity contribution in [1.29, 1.82) is 0 Å². The van der Waals surface area contributed by atoms with Gasteiger partial charge in [0.2, 0.25) is 0 Å². The third-order valence-electron chi connectivity index (χ3n) is 13.9. The fourth-order valence-electron chi connectivity index (χ4n) is 9.51. The smallest absolute Gasteiger partial charge is 0.127 e. The minimum absolute atomic E-state index is 0.463. The average Bonchev–Trinajstić information content (AvgIpc) is 3.40. The van der Waals surface area contributed by atoms with Crippen LogP contribution in [0.1, 0.15) is 215 Å². The van der Waals surface area contributed by atoms with Crippen LogP contribution in [0, 0.1) is 23.7 Å². The van der Waals surface area contributed by atoms with E-state index in [1.54, 1.807) is 28.4 Å². The molecule has 4 aromatic rings. The zero-order chi connectivity index (χ0) is 50.7. The summed E-state index contributed by atoms with van der Waals surface area (Å²) in [5.74, 6) is 16.4. The molecule has 6 heteroatoms. The van der Waals surface area contributed by atoms with Crippen LogP contribution in [0.2, 0.25) is 0 Å². The first-order valence-corrected chi connectivity index (χ1v) is 28.1. The normalized spacial score (nSPS) is 10.8. The molecule has 388 valence electrons. The van der Waals surface area contributed by atoms with Gasteiger partial charge in [0, 0.05) is 77.4 Å². The Morgan fingerprint density at radius 1 is 0.310 bits per heavy atom. The Hall–Kier alpha value is -5.20. The first kappa shape index (κ1) is 58.4. The lowest BCUT2D eigenvalue weighted by Gasteiger charge is -2.25. The number of hydrogen-bond donors (Lipinski definition) is 0. The molecule has 0 aromatic heterocycles. The van der Waals surface area contributed by atoms with E-state index in [4.69, 9.17) is 18.9 Å². The Morgan fingerprint density at radius 3 is 0.803 bits per heavy atom. The van der Waals surface area contributed by atoms with Gasteiger partial charge in [-0.15, -0.1) is 0 Å².